The van der Waals surface area contributed by atoms with E-state index in [1.807, 2.05) is 38.1 Å². The first kappa shape index (κ1) is 17.9. The molecule has 0 saturated heterocycles. The second kappa shape index (κ2) is 9.76. The van der Waals surface area contributed by atoms with Gasteiger partial charge in [-0.1, -0.05) is 22.0 Å². The minimum atomic E-state index is -0.614. The summed E-state index contributed by atoms with van der Waals surface area (Å²) in [6.07, 6.45) is -0.214. The highest BCUT2D eigenvalue weighted by Gasteiger charge is 2.07. The molecule has 0 fully saturated rings. The zero-order valence-corrected chi connectivity index (χ0v) is 14.0. The molecule has 1 aromatic rings. The van der Waals surface area contributed by atoms with E-state index in [1.165, 1.54) is 0 Å². The van der Waals surface area contributed by atoms with Gasteiger partial charge in [-0.2, -0.15) is 0 Å². The smallest absolute Gasteiger partial charge is 0.221 e. The fourth-order valence-corrected chi connectivity index (χ4v) is 2.05. The first-order valence-electron chi connectivity index (χ1n) is 7.04. The quantitative estimate of drug-likeness (QED) is 0.587. The first-order valence-corrected chi connectivity index (χ1v) is 7.83. The summed E-state index contributed by atoms with van der Waals surface area (Å²) >= 11 is 3.36. The molecule has 0 aliphatic heterocycles. The zero-order chi connectivity index (χ0) is 15.7. The average Bonchev–Trinajstić information content (AvgIpc) is 2.41. The summed E-state index contributed by atoms with van der Waals surface area (Å²) in [5.41, 5.74) is 0. The van der Waals surface area contributed by atoms with Gasteiger partial charge in [0.05, 0.1) is 0 Å². The predicted octanol–water partition coefficient (Wildman–Crippen LogP) is 1.69. The number of carbonyl (C=O) groups excluding carboxylic acids is 1. The Hall–Kier alpha value is -1.11. The highest BCUT2D eigenvalue weighted by atomic mass is 79.9. The van der Waals surface area contributed by atoms with Crippen molar-refractivity contribution in [1.82, 2.24) is 10.6 Å². The van der Waals surface area contributed by atoms with Gasteiger partial charge in [-0.25, -0.2) is 0 Å². The van der Waals surface area contributed by atoms with E-state index >= 15 is 0 Å². The third kappa shape index (κ3) is 8.70. The first-order chi connectivity index (χ1) is 9.97. The molecule has 0 bridgehead atoms. The van der Waals surface area contributed by atoms with E-state index in [1.54, 1.807) is 0 Å². The van der Waals surface area contributed by atoms with Crippen LogP contribution in [-0.2, 0) is 4.79 Å². The van der Waals surface area contributed by atoms with E-state index < -0.39 is 6.10 Å². The molecule has 0 saturated carbocycles. The lowest BCUT2D eigenvalue weighted by Gasteiger charge is -2.14. The summed E-state index contributed by atoms with van der Waals surface area (Å²) in [7, 11) is 0. The van der Waals surface area contributed by atoms with Crippen LogP contribution < -0.4 is 15.4 Å². The van der Waals surface area contributed by atoms with Crippen LogP contribution in [0.15, 0.2) is 28.7 Å². The molecule has 21 heavy (non-hydrogen) atoms. The van der Waals surface area contributed by atoms with Gasteiger partial charge in [0.2, 0.25) is 5.91 Å². The van der Waals surface area contributed by atoms with Crippen molar-refractivity contribution in [3.05, 3.63) is 28.7 Å². The molecule has 3 N–H and O–H groups in total. The van der Waals surface area contributed by atoms with Crippen molar-refractivity contribution in [2.24, 2.45) is 0 Å². The van der Waals surface area contributed by atoms with Crippen LogP contribution in [-0.4, -0.2) is 42.9 Å². The molecule has 0 aliphatic rings. The topological polar surface area (TPSA) is 70.6 Å². The van der Waals surface area contributed by atoms with Crippen molar-refractivity contribution in [3.63, 3.8) is 0 Å². The van der Waals surface area contributed by atoms with Crippen molar-refractivity contribution in [2.45, 2.75) is 32.4 Å². The fourth-order valence-electron chi connectivity index (χ4n) is 1.67. The van der Waals surface area contributed by atoms with Crippen molar-refractivity contribution in [2.75, 3.05) is 19.7 Å². The molecule has 118 valence electrons. The molecule has 1 aromatic carbocycles. The summed E-state index contributed by atoms with van der Waals surface area (Å²) in [6, 6.07) is 7.61. The van der Waals surface area contributed by atoms with E-state index in [9.17, 15) is 9.90 Å². The largest absolute Gasteiger partial charge is 0.491 e. The molecule has 0 spiro atoms. The van der Waals surface area contributed by atoms with Gasteiger partial charge in [-0.3, -0.25) is 4.79 Å². The SMILES string of the molecule is CC(C)NC(=O)CCNCC(O)COc1cccc(Br)c1. The second-order valence-corrected chi connectivity index (χ2v) is 6.01. The van der Waals surface area contributed by atoms with E-state index in [0.717, 1.165) is 4.47 Å². The number of hydrogen-bond donors (Lipinski definition) is 3. The minimum absolute atomic E-state index is 0.0115. The molecule has 6 heteroatoms. The lowest BCUT2D eigenvalue weighted by atomic mass is 10.3. The van der Waals surface area contributed by atoms with Crippen LogP contribution in [0.25, 0.3) is 0 Å². The fraction of sp³-hybridized carbons (Fsp3) is 0.533. The molecule has 0 radical (unpaired) electrons. The third-order valence-electron chi connectivity index (χ3n) is 2.60. The van der Waals surface area contributed by atoms with Gasteiger partial charge in [0, 0.05) is 30.0 Å². The Kier molecular flexibility index (Phi) is 8.34. The Morgan fingerprint density at radius 1 is 1.43 bits per heavy atom. The summed E-state index contributed by atoms with van der Waals surface area (Å²) in [4.78, 5) is 11.4. The minimum Gasteiger partial charge on any atom is -0.491 e. The Morgan fingerprint density at radius 3 is 2.86 bits per heavy atom. The standard InChI is InChI=1S/C15H23BrN2O3/c1-11(2)18-15(20)6-7-17-9-13(19)10-21-14-5-3-4-12(16)8-14/h3-5,8,11,13,17,19H,6-7,9-10H2,1-2H3,(H,18,20). The Morgan fingerprint density at radius 2 is 2.19 bits per heavy atom. The lowest BCUT2D eigenvalue weighted by Crippen LogP contribution is -2.35. The number of ether oxygens (including phenoxy) is 1. The molecule has 1 unspecified atom stereocenters. The van der Waals surface area contributed by atoms with Gasteiger partial charge in [-0.15, -0.1) is 0 Å². The summed E-state index contributed by atoms with van der Waals surface area (Å²) in [5.74, 6) is 0.720. The number of nitrogens with one attached hydrogen (secondary N) is 2. The zero-order valence-electron chi connectivity index (χ0n) is 12.4. The molecular formula is C15H23BrN2O3. The van der Waals surface area contributed by atoms with Gasteiger partial charge in [0.1, 0.15) is 18.5 Å². The van der Waals surface area contributed by atoms with Gasteiger partial charge in [0.15, 0.2) is 0 Å². The molecule has 0 heterocycles. The monoisotopic (exact) mass is 358 g/mol. The number of benzene rings is 1. The number of carbonyl (C=O) groups is 1. The van der Waals surface area contributed by atoms with Crippen LogP contribution in [0.3, 0.4) is 0 Å². The Labute approximate surface area is 134 Å². The van der Waals surface area contributed by atoms with Crippen LogP contribution in [0.4, 0.5) is 0 Å². The number of aliphatic hydroxyl groups is 1. The molecule has 5 nitrogen and oxygen atoms in total. The molecule has 0 aliphatic carbocycles. The maximum absolute atomic E-state index is 11.4. The number of rotatable bonds is 9. The number of hydrogen-bond acceptors (Lipinski definition) is 4. The van der Waals surface area contributed by atoms with E-state index in [2.05, 4.69) is 26.6 Å². The highest BCUT2D eigenvalue weighted by molar-refractivity contribution is 9.10. The maximum Gasteiger partial charge on any atom is 0.221 e. The van der Waals surface area contributed by atoms with Crippen LogP contribution in [0.2, 0.25) is 0 Å². The van der Waals surface area contributed by atoms with E-state index in [-0.39, 0.29) is 18.6 Å². The van der Waals surface area contributed by atoms with Gasteiger partial charge in [-0.05, 0) is 32.0 Å². The summed E-state index contributed by atoms with van der Waals surface area (Å²) < 4.78 is 6.41. The molecule has 0 aromatic heterocycles. The maximum atomic E-state index is 11.4. The second-order valence-electron chi connectivity index (χ2n) is 5.10. The van der Waals surface area contributed by atoms with Gasteiger partial charge in [0.25, 0.3) is 0 Å². The van der Waals surface area contributed by atoms with Crippen LogP contribution in [0, 0.1) is 0 Å². The highest BCUT2D eigenvalue weighted by Crippen LogP contribution is 2.17. The Balaban J connectivity index is 2.11. The number of amides is 1. The van der Waals surface area contributed by atoms with Crippen molar-refractivity contribution in [1.29, 1.82) is 0 Å². The van der Waals surface area contributed by atoms with Crippen molar-refractivity contribution in [3.8, 4) is 5.75 Å². The number of halogens is 1. The third-order valence-corrected chi connectivity index (χ3v) is 3.09. The average molecular weight is 359 g/mol. The van der Waals surface area contributed by atoms with Crippen molar-refractivity contribution < 1.29 is 14.6 Å². The predicted molar refractivity (Wildman–Crippen MR) is 86.4 cm³/mol. The van der Waals surface area contributed by atoms with Crippen LogP contribution in [0.5, 0.6) is 5.75 Å². The molecule has 1 amide bonds. The van der Waals surface area contributed by atoms with Crippen LogP contribution >= 0.6 is 15.9 Å². The molecule has 1 atom stereocenters. The van der Waals surface area contributed by atoms with E-state index in [0.29, 0.717) is 25.3 Å². The van der Waals surface area contributed by atoms with Gasteiger partial charge < -0.3 is 20.5 Å². The van der Waals surface area contributed by atoms with Crippen molar-refractivity contribution >= 4 is 21.8 Å². The number of aliphatic hydroxyl groups excluding tert-OH is 1. The van der Waals surface area contributed by atoms with E-state index in [4.69, 9.17) is 4.74 Å². The van der Waals surface area contributed by atoms with Gasteiger partial charge >= 0.3 is 0 Å². The molecular weight excluding hydrogens is 336 g/mol. The molecule has 1 rings (SSSR count). The lowest BCUT2D eigenvalue weighted by molar-refractivity contribution is -0.121. The Bertz CT molecular complexity index is 441. The summed E-state index contributed by atoms with van der Waals surface area (Å²) in [5, 5.41) is 15.6. The normalized spacial score (nSPS) is 12.2. The summed E-state index contributed by atoms with van der Waals surface area (Å²) in [6.45, 7) is 4.99. The van der Waals surface area contributed by atoms with Crippen LogP contribution in [0.1, 0.15) is 20.3 Å².